The normalized spacial score (nSPS) is 10.1. The first kappa shape index (κ1) is 12.1. The zero-order valence-corrected chi connectivity index (χ0v) is 9.81. The maximum absolute atomic E-state index is 13.0. The van der Waals surface area contributed by atoms with Gasteiger partial charge in [0, 0.05) is 11.6 Å². The lowest BCUT2D eigenvalue weighted by atomic mass is 10.1. The van der Waals surface area contributed by atoms with E-state index in [1.165, 1.54) is 25.1 Å². The van der Waals surface area contributed by atoms with Gasteiger partial charge in [0.2, 0.25) is 0 Å². The molecule has 2 rings (SSSR count). The molecule has 0 fully saturated rings. The first-order valence-corrected chi connectivity index (χ1v) is 5.40. The third kappa shape index (κ3) is 2.66. The predicted molar refractivity (Wildman–Crippen MR) is 67.3 cm³/mol. The van der Waals surface area contributed by atoms with E-state index in [2.05, 4.69) is 0 Å². The first-order valence-electron chi connectivity index (χ1n) is 5.40. The molecule has 0 saturated heterocycles. The summed E-state index contributed by atoms with van der Waals surface area (Å²) in [5, 5.41) is 0. The van der Waals surface area contributed by atoms with E-state index in [1.807, 2.05) is 0 Å². The Kier molecular flexibility index (Phi) is 3.28. The van der Waals surface area contributed by atoms with E-state index in [0.29, 0.717) is 22.7 Å². The van der Waals surface area contributed by atoms with Crippen LogP contribution in [0.5, 0.6) is 11.5 Å². The van der Waals surface area contributed by atoms with E-state index < -0.39 is 0 Å². The molecule has 0 aromatic heterocycles. The zero-order chi connectivity index (χ0) is 13.1. The predicted octanol–water partition coefficient (Wildman–Crippen LogP) is 3.40. The second-order valence-electron chi connectivity index (χ2n) is 3.87. The Morgan fingerprint density at radius 3 is 2.61 bits per heavy atom. The lowest BCUT2D eigenvalue weighted by Gasteiger charge is -2.09. The molecule has 0 aliphatic rings. The van der Waals surface area contributed by atoms with Gasteiger partial charge in [0.15, 0.2) is 5.78 Å². The number of halogens is 1. The number of Topliss-reactive ketones (excluding diaryl/α,β-unsaturated/α-hetero) is 1. The van der Waals surface area contributed by atoms with Gasteiger partial charge in [-0.05, 0) is 37.3 Å². The van der Waals surface area contributed by atoms with Gasteiger partial charge in [0.05, 0.1) is 5.69 Å². The van der Waals surface area contributed by atoms with Gasteiger partial charge in [-0.15, -0.1) is 0 Å². The molecule has 2 aromatic carbocycles. The van der Waals surface area contributed by atoms with E-state index >= 15 is 0 Å². The molecular weight excluding hydrogens is 233 g/mol. The maximum atomic E-state index is 13.0. The van der Waals surface area contributed by atoms with E-state index in [1.54, 1.807) is 24.3 Å². The summed E-state index contributed by atoms with van der Waals surface area (Å²) in [7, 11) is 0. The second-order valence-corrected chi connectivity index (χ2v) is 3.87. The summed E-state index contributed by atoms with van der Waals surface area (Å²) in [4.78, 5) is 11.2. The number of ketones is 1. The van der Waals surface area contributed by atoms with Crippen LogP contribution in [-0.4, -0.2) is 5.78 Å². The van der Waals surface area contributed by atoms with Crippen molar-refractivity contribution in [2.45, 2.75) is 6.92 Å². The molecule has 92 valence electrons. The summed E-state index contributed by atoms with van der Waals surface area (Å²) in [6, 6.07) is 10.5. The van der Waals surface area contributed by atoms with E-state index in [-0.39, 0.29) is 11.6 Å². The highest BCUT2D eigenvalue weighted by Crippen LogP contribution is 2.28. The minimum atomic E-state index is -0.383. The van der Waals surface area contributed by atoms with Crippen LogP contribution >= 0.6 is 0 Å². The summed E-state index contributed by atoms with van der Waals surface area (Å²) >= 11 is 0. The van der Waals surface area contributed by atoms with Crippen LogP contribution in [0.15, 0.2) is 42.5 Å². The van der Waals surface area contributed by atoms with Gasteiger partial charge in [-0.25, -0.2) is 4.39 Å². The lowest BCUT2D eigenvalue weighted by molar-refractivity contribution is 0.101. The van der Waals surface area contributed by atoms with Crippen LogP contribution in [0.4, 0.5) is 10.1 Å². The van der Waals surface area contributed by atoms with Crippen molar-refractivity contribution in [1.29, 1.82) is 0 Å². The number of carbonyl (C=O) groups excluding carboxylic acids is 1. The molecule has 18 heavy (non-hydrogen) atoms. The van der Waals surface area contributed by atoms with Gasteiger partial charge in [-0.1, -0.05) is 6.07 Å². The van der Waals surface area contributed by atoms with Crippen LogP contribution in [0.2, 0.25) is 0 Å². The van der Waals surface area contributed by atoms with Crippen molar-refractivity contribution >= 4 is 11.5 Å². The minimum absolute atomic E-state index is 0.0704. The number of carbonyl (C=O) groups is 1. The van der Waals surface area contributed by atoms with E-state index in [0.717, 1.165) is 0 Å². The molecule has 0 aliphatic carbocycles. The average Bonchev–Trinajstić information content (AvgIpc) is 2.31. The smallest absolute Gasteiger partial charge is 0.159 e. The van der Waals surface area contributed by atoms with Gasteiger partial charge >= 0.3 is 0 Å². The molecule has 0 radical (unpaired) electrons. The Morgan fingerprint density at radius 2 is 2.00 bits per heavy atom. The maximum Gasteiger partial charge on any atom is 0.159 e. The van der Waals surface area contributed by atoms with Crippen molar-refractivity contribution in [3.63, 3.8) is 0 Å². The van der Waals surface area contributed by atoms with Gasteiger partial charge in [-0.3, -0.25) is 4.79 Å². The summed E-state index contributed by atoms with van der Waals surface area (Å²) < 4.78 is 18.4. The van der Waals surface area contributed by atoms with Gasteiger partial charge < -0.3 is 10.5 Å². The second kappa shape index (κ2) is 4.87. The SMILES string of the molecule is CC(=O)c1ccc(Oc2cccc(F)c2)c(N)c1. The Morgan fingerprint density at radius 1 is 1.22 bits per heavy atom. The topological polar surface area (TPSA) is 52.3 Å². The molecule has 0 spiro atoms. The summed E-state index contributed by atoms with van der Waals surface area (Å²) in [5.41, 5.74) is 6.63. The Bertz CT molecular complexity index is 596. The Balaban J connectivity index is 2.27. The third-order valence-corrected chi connectivity index (χ3v) is 2.44. The number of anilines is 1. The largest absolute Gasteiger partial charge is 0.455 e. The summed E-state index contributed by atoms with van der Waals surface area (Å²) in [6.45, 7) is 1.46. The molecule has 2 N–H and O–H groups in total. The molecule has 4 heteroatoms. The molecule has 0 saturated carbocycles. The van der Waals surface area contributed by atoms with Crippen LogP contribution < -0.4 is 10.5 Å². The third-order valence-electron chi connectivity index (χ3n) is 2.44. The zero-order valence-electron chi connectivity index (χ0n) is 9.81. The van der Waals surface area contributed by atoms with Crippen molar-refractivity contribution in [2.75, 3.05) is 5.73 Å². The number of benzene rings is 2. The van der Waals surface area contributed by atoms with E-state index in [9.17, 15) is 9.18 Å². The van der Waals surface area contributed by atoms with Crippen LogP contribution in [0.3, 0.4) is 0 Å². The monoisotopic (exact) mass is 245 g/mol. The average molecular weight is 245 g/mol. The summed E-state index contributed by atoms with van der Waals surface area (Å²) in [5.74, 6) is 0.299. The van der Waals surface area contributed by atoms with Crippen molar-refractivity contribution in [3.05, 3.63) is 53.8 Å². The molecule has 0 bridgehead atoms. The molecule has 0 aliphatic heterocycles. The van der Waals surface area contributed by atoms with E-state index in [4.69, 9.17) is 10.5 Å². The van der Waals surface area contributed by atoms with Crippen molar-refractivity contribution in [2.24, 2.45) is 0 Å². The molecule has 2 aromatic rings. The highest BCUT2D eigenvalue weighted by Gasteiger charge is 2.06. The Labute approximate surface area is 104 Å². The highest BCUT2D eigenvalue weighted by atomic mass is 19.1. The molecule has 3 nitrogen and oxygen atoms in total. The van der Waals surface area contributed by atoms with Crippen LogP contribution in [0.25, 0.3) is 0 Å². The van der Waals surface area contributed by atoms with Crippen LogP contribution in [0.1, 0.15) is 17.3 Å². The van der Waals surface area contributed by atoms with Gasteiger partial charge in [0.25, 0.3) is 0 Å². The molecule has 0 heterocycles. The molecule has 0 amide bonds. The molecule has 0 unspecified atom stereocenters. The number of ether oxygens (including phenoxy) is 1. The highest BCUT2D eigenvalue weighted by molar-refractivity contribution is 5.95. The molecule has 0 atom stereocenters. The molecular formula is C14H12FNO2. The number of hydrogen-bond donors (Lipinski definition) is 1. The minimum Gasteiger partial charge on any atom is -0.455 e. The van der Waals surface area contributed by atoms with Crippen LogP contribution in [-0.2, 0) is 0 Å². The number of hydrogen-bond acceptors (Lipinski definition) is 3. The van der Waals surface area contributed by atoms with Gasteiger partial charge in [-0.2, -0.15) is 0 Å². The Hall–Kier alpha value is -2.36. The van der Waals surface area contributed by atoms with Crippen LogP contribution in [0, 0.1) is 5.82 Å². The fraction of sp³-hybridized carbons (Fsp3) is 0.0714. The first-order chi connectivity index (χ1) is 8.56. The number of nitrogen functional groups attached to an aromatic ring is 1. The van der Waals surface area contributed by atoms with Gasteiger partial charge in [0.1, 0.15) is 17.3 Å². The number of rotatable bonds is 3. The standard InChI is InChI=1S/C14H12FNO2/c1-9(17)10-5-6-14(13(16)7-10)18-12-4-2-3-11(15)8-12/h2-8H,16H2,1H3. The summed E-state index contributed by atoms with van der Waals surface area (Å²) in [6.07, 6.45) is 0. The lowest BCUT2D eigenvalue weighted by Crippen LogP contribution is -1.97. The van der Waals surface area contributed by atoms with Crippen molar-refractivity contribution in [1.82, 2.24) is 0 Å². The van der Waals surface area contributed by atoms with Crippen molar-refractivity contribution in [3.8, 4) is 11.5 Å². The fourth-order valence-electron chi connectivity index (χ4n) is 1.52. The number of nitrogens with two attached hydrogens (primary N) is 1. The van der Waals surface area contributed by atoms with Crippen molar-refractivity contribution < 1.29 is 13.9 Å². The quantitative estimate of drug-likeness (QED) is 0.666. The fourth-order valence-corrected chi connectivity index (χ4v) is 1.52.